The number of rotatable bonds is 1. The Balaban J connectivity index is 3.21. The molecule has 1 aromatic rings. The first-order chi connectivity index (χ1) is 5.15. The van der Waals surface area contributed by atoms with E-state index in [1.165, 1.54) is 0 Å². The van der Waals surface area contributed by atoms with Gasteiger partial charge in [-0.2, -0.15) is 0 Å². The van der Waals surface area contributed by atoms with Crippen molar-refractivity contribution in [2.75, 3.05) is 7.11 Å². The molecule has 0 aliphatic carbocycles. The number of aryl methyl sites for hydroxylation is 1. The summed E-state index contributed by atoms with van der Waals surface area (Å²) >= 11 is 8.43. The number of ether oxygens (including phenoxy) is 1. The van der Waals surface area contributed by atoms with Gasteiger partial charge in [-0.3, -0.25) is 0 Å². The van der Waals surface area contributed by atoms with Gasteiger partial charge in [0.25, 0.3) is 0 Å². The van der Waals surface area contributed by atoms with Crippen LogP contribution in [0.5, 0.6) is 5.75 Å². The van der Waals surface area contributed by atoms with Crippen LogP contribution in [0.1, 0.15) is 5.56 Å². The minimum atomic E-state index is 0.843. The first-order valence-corrected chi connectivity index (χ1v) is 4.11. The van der Waals surface area contributed by atoms with Gasteiger partial charge < -0.3 is 4.74 Å². The summed E-state index contributed by atoms with van der Waals surface area (Å²) in [5, 5.41) is 0. The van der Waals surface area contributed by atoms with Crippen molar-refractivity contribution in [3.8, 4) is 5.75 Å². The van der Waals surface area contributed by atoms with Crippen molar-refractivity contribution in [3.05, 3.63) is 17.7 Å². The van der Waals surface area contributed by atoms with Crippen molar-refractivity contribution in [2.24, 2.45) is 0 Å². The Morgan fingerprint density at radius 3 is 2.27 bits per heavy atom. The van der Waals surface area contributed by atoms with Gasteiger partial charge >= 0.3 is 0 Å². The van der Waals surface area contributed by atoms with E-state index in [0.717, 1.165) is 21.1 Å². The summed E-state index contributed by atoms with van der Waals surface area (Å²) in [6, 6.07) is 3.80. The average molecular weight is 186 g/mol. The van der Waals surface area contributed by atoms with Gasteiger partial charge in [0.15, 0.2) is 0 Å². The van der Waals surface area contributed by atoms with Gasteiger partial charge in [-0.05, 0) is 24.6 Å². The van der Waals surface area contributed by atoms with E-state index >= 15 is 0 Å². The largest absolute Gasteiger partial charge is 0.496 e. The fraction of sp³-hybridized carbons (Fsp3) is 0.250. The maximum atomic E-state index is 5.10. The smallest absolute Gasteiger partial charge is 0.122 e. The van der Waals surface area contributed by atoms with E-state index in [9.17, 15) is 0 Å². The SMILES string of the molecule is COc1cc(S)c(S)cc1C. The van der Waals surface area contributed by atoms with Crippen molar-refractivity contribution in [2.45, 2.75) is 16.7 Å². The van der Waals surface area contributed by atoms with E-state index in [0.29, 0.717) is 0 Å². The van der Waals surface area contributed by atoms with Crippen LogP contribution >= 0.6 is 25.3 Å². The van der Waals surface area contributed by atoms with Crippen molar-refractivity contribution in [1.29, 1.82) is 0 Å². The van der Waals surface area contributed by atoms with Crippen molar-refractivity contribution < 1.29 is 4.74 Å². The second-order valence-electron chi connectivity index (χ2n) is 2.31. The molecule has 0 N–H and O–H groups in total. The monoisotopic (exact) mass is 186 g/mol. The van der Waals surface area contributed by atoms with Crippen LogP contribution in [0, 0.1) is 6.92 Å². The predicted molar refractivity (Wildman–Crippen MR) is 52.2 cm³/mol. The Bertz CT molecular complexity index is 271. The molecule has 0 aliphatic heterocycles. The van der Waals surface area contributed by atoms with Gasteiger partial charge in [-0.1, -0.05) is 0 Å². The third-order valence-electron chi connectivity index (χ3n) is 1.49. The lowest BCUT2D eigenvalue weighted by molar-refractivity contribution is 0.410. The molecule has 60 valence electrons. The van der Waals surface area contributed by atoms with Crippen LogP contribution in [0.4, 0.5) is 0 Å². The first-order valence-electron chi connectivity index (χ1n) is 3.21. The molecular formula is C8H10OS2. The van der Waals surface area contributed by atoms with E-state index in [4.69, 9.17) is 4.74 Å². The fourth-order valence-electron chi connectivity index (χ4n) is 0.882. The molecule has 0 radical (unpaired) electrons. The zero-order chi connectivity index (χ0) is 8.43. The summed E-state index contributed by atoms with van der Waals surface area (Å²) in [5.74, 6) is 0.854. The van der Waals surface area contributed by atoms with Crippen LogP contribution in [0.25, 0.3) is 0 Å². The molecular weight excluding hydrogens is 176 g/mol. The Kier molecular flexibility index (Phi) is 2.73. The standard InChI is InChI=1S/C8H10OS2/c1-5-3-7(10)8(11)4-6(5)9-2/h3-4,10-11H,1-2H3. The van der Waals surface area contributed by atoms with E-state index < -0.39 is 0 Å². The second kappa shape index (κ2) is 3.41. The maximum absolute atomic E-state index is 5.10. The van der Waals surface area contributed by atoms with E-state index in [2.05, 4.69) is 25.3 Å². The number of thiol groups is 2. The average Bonchev–Trinajstić information content (AvgIpc) is 1.97. The molecule has 3 heteroatoms. The van der Waals surface area contributed by atoms with Gasteiger partial charge in [0.1, 0.15) is 5.75 Å². The van der Waals surface area contributed by atoms with E-state index in [1.807, 2.05) is 19.1 Å². The van der Waals surface area contributed by atoms with Crippen LogP contribution < -0.4 is 4.74 Å². The Hall–Kier alpha value is -0.280. The zero-order valence-electron chi connectivity index (χ0n) is 6.46. The lowest BCUT2D eigenvalue weighted by Gasteiger charge is -2.06. The molecule has 0 atom stereocenters. The predicted octanol–water partition coefficient (Wildman–Crippen LogP) is 2.58. The highest BCUT2D eigenvalue weighted by Crippen LogP contribution is 2.27. The van der Waals surface area contributed by atoms with Crippen LogP contribution in [-0.2, 0) is 0 Å². The van der Waals surface area contributed by atoms with E-state index in [-0.39, 0.29) is 0 Å². The molecule has 0 saturated heterocycles. The minimum absolute atomic E-state index is 0.843. The van der Waals surface area contributed by atoms with Crippen LogP contribution in [0.3, 0.4) is 0 Å². The minimum Gasteiger partial charge on any atom is -0.496 e. The summed E-state index contributed by atoms with van der Waals surface area (Å²) in [7, 11) is 1.65. The molecule has 0 saturated carbocycles. The van der Waals surface area contributed by atoms with Gasteiger partial charge in [0, 0.05) is 9.79 Å². The molecule has 1 aromatic carbocycles. The third-order valence-corrected chi connectivity index (χ3v) is 2.41. The van der Waals surface area contributed by atoms with Crippen LogP contribution in [0.15, 0.2) is 21.9 Å². The van der Waals surface area contributed by atoms with Crippen LogP contribution in [-0.4, -0.2) is 7.11 Å². The van der Waals surface area contributed by atoms with Crippen molar-refractivity contribution >= 4 is 25.3 Å². The fourth-order valence-corrected chi connectivity index (χ4v) is 1.32. The quantitative estimate of drug-likeness (QED) is 0.641. The summed E-state index contributed by atoms with van der Waals surface area (Å²) < 4.78 is 5.10. The zero-order valence-corrected chi connectivity index (χ0v) is 8.25. The summed E-state index contributed by atoms with van der Waals surface area (Å²) in [4.78, 5) is 1.72. The summed E-state index contributed by atoms with van der Waals surface area (Å²) in [6.07, 6.45) is 0. The summed E-state index contributed by atoms with van der Waals surface area (Å²) in [5.41, 5.74) is 1.08. The molecule has 1 nitrogen and oxygen atoms in total. The maximum Gasteiger partial charge on any atom is 0.122 e. The molecule has 0 amide bonds. The highest BCUT2D eigenvalue weighted by molar-refractivity contribution is 7.83. The molecule has 0 fully saturated rings. The summed E-state index contributed by atoms with van der Waals surface area (Å²) in [6.45, 7) is 1.98. The Morgan fingerprint density at radius 1 is 1.18 bits per heavy atom. The molecule has 1 rings (SSSR count). The molecule has 0 bridgehead atoms. The molecule has 0 unspecified atom stereocenters. The lowest BCUT2D eigenvalue weighted by Crippen LogP contribution is -1.87. The highest BCUT2D eigenvalue weighted by Gasteiger charge is 2.01. The molecule has 0 heterocycles. The van der Waals surface area contributed by atoms with Crippen LogP contribution in [0.2, 0.25) is 0 Å². The van der Waals surface area contributed by atoms with Crippen molar-refractivity contribution in [1.82, 2.24) is 0 Å². The Labute approximate surface area is 77.6 Å². The second-order valence-corrected chi connectivity index (χ2v) is 3.27. The number of hydrogen-bond acceptors (Lipinski definition) is 3. The van der Waals surface area contributed by atoms with E-state index in [1.54, 1.807) is 7.11 Å². The molecule has 11 heavy (non-hydrogen) atoms. The lowest BCUT2D eigenvalue weighted by atomic mass is 10.2. The number of benzene rings is 1. The van der Waals surface area contributed by atoms with Crippen molar-refractivity contribution in [3.63, 3.8) is 0 Å². The third kappa shape index (κ3) is 1.84. The molecule has 0 aromatic heterocycles. The highest BCUT2D eigenvalue weighted by atomic mass is 32.1. The topological polar surface area (TPSA) is 9.23 Å². The van der Waals surface area contributed by atoms with Gasteiger partial charge in [0.2, 0.25) is 0 Å². The molecule has 0 aliphatic rings. The normalized spacial score (nSPS) is 9.82. The number of methoxy groups -OCH3 is 1. The van der Waals surface area contributed by atoms with Gasteiger partial charge in [0.05, 0.1) is 7.11 Å². The van der Waals surface area contributed by atoms with Gasteiger partial charge in [-0.15, -0.1) is 25.3 Å². The van der Waals surface area contributed by atoms with Gasteiger partial charge in [-0.25, -0.2) is 0 Å². The first kappa shape index (κ1) is 8.81. The number of hydrogen-bond donors (Lipinski definition) is 2. The Morgan fingerprint density at radius 2 is 1.73 bits per heavy atom. The molecule has 0 spiro atoms.